The van der Waals surface area contributed by atoms with Gasteiger partial charge in [-0.1, -0.05) is 20.8 Å². The molecule has 0 aromatic heterocycles. The third kappa shape index (κ3) is 5.13. The van der Waals surface area contributed by atoms with Crippen LogP contribution >= 0.6 is 0 Å². The Morgan fingerprint density at radius 3 is 2.00 bits per heavy atom. The zero-order valence-corrected chi connectivity index (χ0v) is 11.2. The van der Waals surface area contributed by atoms with E-state index in [1.54, 1.807) is 0 Å². The number of rotatable bonds is 5. The molecule has 0 spiro atoms. The molecular formula is C11H22N4O3. The highest BCUT2D eigenvalue weighted by atomic mass is 16.2. The van der Waals surface area contributed by atoms with Crippen molar-refractivity contribution < 1.29 is 14.4 Å². The molecule has 7 heteroatoms. The van der Waals surface area contributed by atoms with E-state index in [-0.39, 0.29) is 12.3 Å². The van der Waals surface area contributed by atoms with Crippen molar-refractivity contribution in [1.82, 2.24) is 10.6 Å². The molecule has 2 atom stereocenters. The maximum atomic E-state index is 11.7. The molecule has 18 heavy (non-hydrogen) atoms. The molecular weight excluding hydrogens is 236 g/mol. The molecule has 0 saturated heterocycles. The molecule has 0 aliphatic rings. The molecule has 104 valence electrons. The van der Waals surface area contributed by atoms with Crippen LogP contribution in [0.15, 0.2) is 0 Å². The molecule has 0 aliphatic carbocycles. The van der Waals surface area contributed by atoms with Crippen molar-refractivity contribution in [1.29, 1.82) is 0 Å². The number of amides is 3. The Hall–Kier alpha value is -1.63. The van der Waals surface area contributed by atoms with Crippen molar-refractivity contribution in [3.8, 4) is 0 Å². The summed E-state index contributed by atoms with van der Waals surface area (Å²) in [6.07, 6.45) is -0.254. The summed E-state index contributed by atoms with van der Waals surface area (Å²) in [5, 5.41) is 5.00. The summed E-state index contributed by atoms with van der Waals surface area (Å²) in [5.41, 5.74) is 9.99. The van der Waals surface area contributed by atoms with Crippen LogP contribution in [0.1, 0.15) is 27.2 Å². The van der Waals surface area contributed by atoms with Crippen LogP contribution in [0.2, 0.25) is 0 Å². The Labute approximate surface area is 107 Å². The molecule has 0 saturated carbocycles. The maximum Gasteiger partial charge on any atom is 0.242 e. The number of carbonyl (C=O) groups excluding carboxylic acids is 3. The highest BCUT2D eigenvalue weighted by Gasteiger charge is 2.33. The van der Waals surface area contributed by atoms with E-state index in [2.05, 4.69) is 10.6 Å². The van der Waals surface area contributed by atoms with Crippen molar-refractivity contribution in [2.75, 3.05) is 7.05 Å². The topological polar surface area (TPSA) is 127 Å². The molecule has 1 unspecified atom stereocenters. The standard InChI is InChI=1S/C11H22N4O3/c1-11(2,3)8(10(18)14-4)15-9(17)6(12)5-7(13)16/h6,8H,5,12H2,1-4H3,(H2,13,16)(H,14,18)(H,15,17)/t6?,8-/m1/s1. The van der Waals surface area contributed by atoms with Gasteiger partial charge in [-0.2, -0.15) is 0 Å². The first-order valence-corrected chi connectivity index (χ1v) is 5.65. The lowest BCUT2D eigenvalue weighted by molar-refractivity contribution is -0.132. The van der Waals surface area contributed by atoms with Gasteiger partial charge >= 0.3 is 0 Å². The van der Waals surface area contributed by atoms with Crippen molar-refractivity contribution in [3.05, 3.63) is 0 Å². The quantitative estimate of drug-likeness (QED) is 0.477. The van der Waals surface area contributed by atoms with E-state index in [1.807, 2.05) is 20.8 Å². The van der Waals surface area contributed by atoms with Gasteiger partial charge in [0.05, 0.1) is 12.5 Å². The van der Waals surface area contributed by atoms with Gasteiger partial charge in [0.15, 0.2) is 0 Å². The number of hydrogen-bond donors (Lipinski definition) is 4. The van der Waals surface area contributed by atoms with Crippen LogP contribution in [0.3, 0.4) is 0 Å². The van der Waals surface area contributed by atoms with E-state index in [9.17, 15) is 14.4 Å². The molecule has 6 N–H and O–H groups in total. The van der Waals surface area contributed by atoms with Crippen LogP contribution in [0.25, 0.3) is 0 Å². The van der Waals surface area contributed by atoms with E-state index in [0.717, 1.165) is 0 Å². The largest absolute Gasteiger partial charge is 0.370 e. The van der Waals surface area contributed by atoms with Crippen molar-refractivity contribution >= 4 is 17.7 Å². The minimum absolute atomic E-state index is 0.254. The maximum absolute atomic E-state index is 11.7. The predicted octanol–water partition coefficient (Wildman–Crippen LogP) is -1.53. The number of primary amides is 1. The third-order valence-electron chi connectivity index (χ3n) is 2.42. The smallest absolute Gasteiger partial charge is 0.242 e. The number of hydrogen-bond acceptors (Lipinski definition) is 4. The molecule has 3 amide bonds. The second-order valence-corrected chi connectivity index (χ2v) is 5.20. The minimum Gasteiger partial charge on any atom is -0.370 e. The van der Waals surface area contributed by atoms with E-state index in [4.69, 9.17) is 11.5 Å². The fraction of sp³-hybridized carbons (Fsp3) is 0.727. The van der Waals surface area contributed by atoms with Crippen molar-refractivity contribution in [2.45, 2.75) is 39.3 Å². The molecule has 0 bridgehead atoms. The second kappa shape index (κ2) is 6.34. The van der Waals surface area contributed by atoms with Crippen LogP contribution in [-0.4, -0.2) is 36.9 Å². The first-order chi connectivity index (χ1) is 8.09. The summed E-state index contributed by atoms with van der Waals surface area (Å²) >= 11 is 0. The first kappa shape index (κ1) is 16.4. The molecule has 0 rings (SSSR count). The molecule has 0 heterocycles. The van der Waals surface area contributed by atoms with Crippen LogP contribution in [0.4, 0.5) is 0 Å². The Morgan fingerprint density at radius 2 is 1.67 bits per heavy atom. The SMILES string of the molecule is CNC(=O)[C@@H](NC(=O)C(N)CC(N)=O)C(C)(C)C. The van der Waals surface area contributed by atoms with Crippen LogP contribution in [0.5, 0.6) is 0 Å². The summed E-state index contributed by atoms with van der Waals surface area (Å²) in [4.78, 5) is 34.1. The molecule has 0 fully saturated rings. The fourth-order valence-corrected chi connectivity index (χ4v) is 1.38. The number of likely N-dealkylation sites (N-methyl/N-ethyl adjacent to an activating group) is 1. The number of nitrogens with one attached hydrogen (secondary N) is 2. The Balaban J connectivity index is 4.74. The monoisotopic (exact) mass is 258 g/mol. The van der Waals surface area contributed by atoms with E-state index >= 15 is 0 Å². The van der Waals surface area contributed by atoms with Crippen molar-refractivity contribution in [3.63, 3.8) is 0 Å². The lowest BCUT2D eigenvalue weighted by Gasteiger charge is -2.30. The van der Waals surface area contributed by atoms with Crippen LogP contribution < -0.4 is 22.1 Å². The van der Waals surface area contributed by atoms with Crippen LogP contribution in [0, 0.1) is 5.41 Å². The normalized spacial score (nSPS) is 14.5. The summed E-state index contributed by atoms with van der Waals surface area (Å²) in [5.74, 6) is -1.55. The highest BCUT2D eigenvalue weighted by molar-refractivity contribution is 5.92. The van der Waals surface area contributed by atoms with Gasteiger partial charge in [0.2, 0.25) is 17.7 Å². The van der Waals surface area contributed by atoms with Gasteiger partial charge < -0.3 is 22.1 Å². The molecule has 0 aliphatic heterocycles. The Kier molecular flexibility index (Phi) is 5.77. The molecule has 0 aromatic rings. The van der Waals surface area contributed by atoms with E-state index in [0.29, 0.717) is 0 Å². The Morgan fingerprint density at radius 1 is 1.17 bits per heavy atom. The fourth-order valence-electron chi connectivity index (χ4n) is 1.38. The summed E-state index contributed by atoms with van der Waals surface area (Å²) in [7, 11) is 1.48. The van der Waals surface area contributed by atoms with E-state index < -0.39 is 29.3 Å². The van der Waals surface area contributed by atoms with Gasteiger partial charge in [-0.05, 0) is 5.41 Å². The Bertz CT molecular complexity index is 336. The first-order valence-electron chi connectivity index (χ1n) is 5.65. The lowest BCUT2D eigenvalue weighted by Crippen LogP contribution is -2.56. The average Bonchev–Trinajstić information content (AvgIpc) is 2.21. The van der Waals surface area contributed by atoms with Gasteiger partial charge in [-0.15, -0.1) is 0 Å². The van der Waals surface area contributed by atoms with Crippen molar-refractivity contribution in [2.24, 2.45) is 16.9 Å². The highest BCUT2D eigenvalue weighted by Crippen LogP contribution is 2.19. The van der Waals surface area contributed by atoms with Crippen LogP contribution in [-0.2, 0) is 14.4 Å². The lowest BCUT2D eigenvalue weighted by atomic mass is 9.86. The van der Waals surface area contributed by atoms with Gasteiger partial charge in [0.25, 0.3) is 0 Å². The summed E-state index contributed by atoms with van der Waals surface area (Å²) in [6.45, 7) is 5.44. The minimum atomic E-state index is -1.04. The van der Waals surface area contributed by atoms with Gasteiger partial charge in [0, 0.05) is 7.05 Å². The molecule has 0 radical (unpaired) electrons. The molecule has 0 aromatic carbocycles. The average molecular weight is 258 g/mol. The second-order valence-electron chi connectivity index (χ2n) is 5.20. The number of nitrogens with two attached hydrogens (primary N) is 2. The summed E-state index contributed by atoms with van der Waals surface area (Å²) < 4.78 is 0. The third-order valence-corrected chi connectivity index (χ3v) is 2.42. The molecule has 7 nitrogen and oxygen atoms in total. The number of carbonyl (C=O) groups is 3. The zero-order valence-electron chi connectivity index (χ0n) is 11.2. The zero-order chi connectivity index (χ0) is 14.5. The van der Waals surface area contributed by atoms with Gasteiger partial charge in [-0.3, -0.25) is 14.4 Å². The predicted molar refractivity (Wildman–Crippen MR) is 67.2 cm³/mol. The van der Waals surface area contributed by atoms with Gasteiger partial charge in [-0.25, -0.2) is 0 Å². The summed E-state index contributed by atoms with van der Waals surface area (Å²) in [6, 6.07) is -1.77. The van der Waals surface area contributed by atoms with Gasteiger partial charge in [0.1, 0.15) is 6.04 Å². The van der Waals surface area contributed by atoms with E-state index in [1.165, 1.54) is 7.05 Å².